The van der Waals surface area contributed by atoms with Crippen molar-refractivity contribution in [2.75, 3.05) is 30.1 Å². The zero-order valence-corrected chi connectivity index (χ0v) is 21.0. The highest BCUT2D eigenvalue weighted by molar-refractivity contribution is 7.70. The van der Waals surface area contributed by atoms with Crippen LogP contribution in [0.15, 0.2) is 54.7 Å². The second-order valence-electron chi connectivity index (χ2n) is 8.99. The summed E-state index contributed by atoms with van der Waals surface area (Å²) in [7, 11) is -2.81. The van der Waals surface area contributed by atoms with E-state index in [-0.39, 0.29) is 35.6 Å². The van der Waals surface area contributed by atoms with Crippen molar-refractivity contribution in [2.45, 2.75) is 18.6 Å². The van der Waals surface area contributed by atoms with Crippen LogP contribution in [-0.4, -0.2) is 42.8 Å². The summed E-state index contributed by atoms with van der Waals surface area (Å²) >= 11 is 0. The molecular weight excluding hydrogens is 530 g/mol. The van der Waals surface area contributed by atoms with Gasteiger partial charge in [0.2, 0.25) is 5.91 Å². The second-order valence-corrected chi connectivity index (χ2v) is 12.2. The third-order valence-electron chi connectivity index (χ3n) is 5.97. The van der Waals surface area contributed by atoms with Crippen LogP contribution in [0.1, 0.15) is 12.0 Å². The number of pyridine rings is 1. The first-order valence-electron chi connectivity index (χ1n) is 11.3. The number of rotatable bonds is 5. The van der Waals surface area contributed by atoms with E-state index in [2.05, 4.69) is 15.6 Å². The molecule has 1 fully saturated rings. The van der Waals surface area contributed by atoms with Gasteiger partial charge in [-0.2, -0.15) is 13.2 Å². The highest BCUT2D eigenvalue weighted by atomic mass is 31.2. The SMILES string of the molecule is CP(C)(=O)c1ccccc1-c1ccc(N2CCC(NC(=O)Nc3ccc(C(F)(F)F)cn3)C2=O)c(F)c1F. The largest absolute Gasteiger partial charge is 0.417 e. The molecule has 3 amide bonds. The molecule has 1 unspecified atom stereocenters. The van der Waals surface area contributed by atoms with Crippen LogP contribution in [-0.2, 0) is 15.5 Å². The van der Waals surface area contributed by atoms with Crippen molar-refractivity contribution in [3.05, 3.63) is 71.9 Å². The minimum absolute atomic E-state index is 0.0201. The van der Waals surface area contributed by atoms with Gasteiger partial charge < -0.3 is 14.8 Å². The van der Waals surface area contributed by atoms with Gasteiger partial charge in [0.05, 0.1) is 11.3 Å². The number of alkyl halides is 3. The summed E-state index contributed by atoms with van der Waals surface area (Å²) in [6, 6.07) is 8.66. The second kappa shape index (κ2) is 10.2. The first kappa shape index (κ1) is 27.3. The molecular formula is C25H22F5N4O3P. The summed E-state index contributed by atoms with van der Waals surface area (Å²) in [6.45, 7) is 3.02. The lowest BCUT2D eigenvalue weighted by Crippen LogP contribution is -2.43. The zero-order valence-electron chi connectivity index (χ0n) is 20.1. The maximum Gasteiger partial charge on any atom is 0.417 e. The fourth-order valence-corrected chi connectivity index (χ4v) is 5.35. The molecule has 2 heterocycles. The van der Waals surface area contributed by atoms with E-state index in [4.69, 9.17) is 0 Å². The van der Waals surface area contributed by atoms with E-state index in [1.165, 1.54) is 31.5 Å². The molecule has 0 aliphatic carbocycles. The van der Waals surface area contributed by atoms with E-state index >= 15 is 8.78 Å². The lowest BCUT2D eigenvalue weighted by atomic mass is 10.0. The lowest BCUT2D eigenvalue weighted by molar-refractivity contribution is -0.137. The van der Waals surface area contributed by atoms with Gasteiger partial charge in [0, 0.05) is 23.6 Å². The molecule has 0 bridgehead atoms. The van der Waals surface area contributed by atoms with Gasteiger partial charge in [-0.15, -0.1) is 0 Å². The summed E-state index contributed by atoms with van der Waals surface area (Å²) in [5, 5.41) is 4.99. The standard InChI is InChI=1S/C25H22F5N4O3P/c1-38(2,37)19-6-4-3-5-15(19)16-8-9-18(22(27)21(16)26)34-12-11-17(23(34)35)32-24(36)33-20-10-7-14(13-31-20)25(28,29)30/h3-10,13,17H,11-12H2,1-2H3,(H2,31,32,33,36). The van der Waals surface area contributed by atoms with Crippen LogP contribution in [0.2, 0.25) is 0 Å². The Morgan fingerprint density at radius 3 is 2.37 bits per heavy atom. The summed E-state index contributed by atoms with van der Waals surface area (Å²) < 4.78 is 81.0. The van der Waals surface area contributed by atoms with E-state index in [9.17, 15) is 27.3 Å². The van der Waals surface area contributed by atoms with Gasteiger partial charge >= 0.3 is 12.2 Å². The molecule has 1 atom stereocenters. The number of benzene rings is 2. The lowest BCUT2D eigenvalue weighted by Gasteiger charge is -2.20. The number of urea groups is 1. The van der Waals surface area contributed by atoms with E-state index in [1.807, 2.05) is 0 Å². The number of amides is 3. The average molecular weight is 552 g/mol. The molecule has 0 radical (unpaired) electrons. The van der Waals surface area contributed by atoms with Crippen molar-refractivity contribution >= 4 is 35.9 Å². The Labute approximate surface area is 214 Å². The van der Waals surface area contributed by atoms with Crippen molar-refractivity contribution in [2.24, 2.45) is 0 Å². The minimum atomic E-state index is -4.59. The molecule has 1 saturated heterocycles. The van der Waals surface area contributed by atoms with Crippen molar-refractivity contribution in [3.8, 4) is 11.1 Å². The highest BCUT2D eigenvalue weighted by Crippen LogP contribution is 2.40. The van der Waals surface area contributed by atoms with Crippen LogP contribution in [0.3, 0.4) is 0 Å². The topological polar surface area (TPSA) is 91.4 Å². The highest BCUT2D eigenvalue weighted by Gasteiger charge is 2.36. The molecule has 1 aliphatic rings. The third-order valence-corrected chi connectivity index (χ3v) is 7.52. The first-order chi connectivity index (χ1) is 17.8. The van der Waals surface area contributed by atoms with Crippen LogP contribution in [0.5, 0.6) is 0 Å². The molecule has 4 rings (SSSR count). The Morgan fingerprint density at radius 2 is 1.74 bits per heavy atom. The zero-order chi connectivity index (χ0) is 27.8. The van der Waals surface area contributed by atoms with Crippen LogP contribution < -0.4 is 20.8 Å². The Kier molecular flexibility index (Phi) is 7.29. The van der Waals surface area contributed by atoms with E-state index in [0.717, 1.165) is 17.0 Å². The predicted octanol–water partition coefficient (Wildman–Crippen LogP) is 5.22. The number of anilines is 2. The van der Waals surface area contributed by atoms with Crippen molar-refractivity contribution < 1.29 is 36.1 Å². The molecule has 38 heavy (non-hydrogen) atoms. The van der Waals surface area contributed by atoms with Gasteiger partial charge in [-0.1, -0.05) is 24.3 Å². The number of hydrogen-bond acceptors (Lipinski definition) is 4. The number of carbonyl (C=O) groups excluding carboxylic acids is 2. The minimum Gasteiger partial charge on any atom is -0.326 e. The maximum absolute atomic E-state index is 15.2. The number of aromatic nitrogens is 1. The normalized spacial score (nSPS) is 16.0. The quantitative estimate of drug-likeness (QED) is 0.336. The molecule has 13 heteroatoms. The average Bonchev–Trinajstić information content (AvgIpc) is 3.19. The maximum atomic E-state index is 15.2. The first-order valence-corrected chi connectivity index (χ1v) is 13.9. The molecule has 2 N–H and O–H groups in total. The molecule has 200 valence electrons. The van der Waals surface area contributed by atoms with Crippen LogP contribution >= 0.6 is 7.14 Å². The van der Waals surface area contributed by atoms with Crippen molar-refractivity contribution in [1.29, 1.82) is 0 Å². The Balaban J connectivity index is 1.48. The number of hydrogen-bond donors (Lipinski definition) is 2. The van der Waals surface area contributed by atoms with E-state index in [1.54, 1.807) is 18.2 Å². The van der Waals surface area contributed by atoms with Crippen LogP contribution in [0, 0.1) is 11.6 Å². The Morgan fingerprint density at radius 1 is 1.03 bits per heavy atom. The molecule has 1 aromatic heterocycles. The predicted molar refractivity (Wildman–Crippen MR) is 133 cm³/mol. The number of nitrogens with zero attached hydrogens (tertiary/aromatic N) is 2. The Bertz CT molecular complexity index is 1440. The van der Waals surface area contributed by atoms with Crippen LogP contribution in [0.4, 0.5) is 38.3 Å². The summed E-state index contributed by atoms with van der Waals surface area (Å²) in [4.78, 5) is 29.7. The third kappa shape index (κ3) is 5.55. The summed E-state index contributed by atoms with van der Waals surface area (Å²) in [5.74, 6) is -3.35. The number of nitrogens with one attached hydrogen (secondary N) is 2. The number of carbonyl (C=O) groups is 2. The monoisotopic (exact) mass is 552 g/mol. The summed E-state index contributed by atoms with van der Waals surface area (Å²) in [5.41, 5.74) is -1.13. The van der Waals surface area contributed by atoms with Gasteiger partial charge in [0.15, 0.2) is 11.6 Å². The van der Waals surface area contributed by atoms with E-state index < -0.39 is 48.5 Å². The smallest absolute Gasteiger partial charge is 0.326 e. The van der Waals surface area contributed by atoms with Gasteiger partial charge in [0.1, 0.15) is 19.0 Å². The fraction of sp³-hybridized carbons (Fsp3) is 0.240. The van der Waals surface area contributed by atoms with Gasteiger partial charge in [-0.05, 0) is 49.6 Å². The molecule has 1 aliphatic heterocycles. The molecule has 0 saturated carbocycles. The van der Waals surface area contributed by atoms with Gasteiger partial charge in [-0.25, -0.2) is 18.6 Å². The summed E-state index contributed by atoms with van der Waals surface area (Å²) in [6.07, 6.45) is -3.96. The van der Waals surface area contributed by atoms with Crippen molar-refractivity contribution in [1.82, 2.24) is 10.3 Å². The molecule has 7 nitrogen and oxygen atoms in total. The van der Waals surface area contributed by atoms with Crippen LogP contribution in [0.25, 0.3) is 11.1 Å². The fourth-order valence-electron chi connectivity index (χ4n) is 4.13. The van der Waals surface area contributed by atoms with Gasteiger partial charge in [-0.3, -0.25) is 10.1 Å². The van der Waals surface area contributed by atoms with Crippen molar-refractivity contribution in [3.63, 3.8) is 0 Å². The molecule has 2 aromatic carbocycles. The number of halogens is 5. The van der Waals surface area contributed by atoms with Gasteiger partial charge in [0.25, 0.3) is 0 Å². The Hall–Kier alpha value is -3.79. The molecule has 0 spiro atoms. The molecule has 3 aromatic rings. The van der Waals surface area contributed by atoms with E-state index in [0.29, 0.717) is 11.5 Å².